The molecule has 1 saturated carbocycles. The molecule has 0 spiro atoms. The summed E-state index contributed by atoms with van der Waals surface area (Å²) in [7, 11) is 0. The van der Waals surface area contributed by atoms with E-state index < -0.39 is 0 Å². The lowest BCUT2D eigenvalue weighted by molar-refractivity contribution is 0.0406. The molecule has 112 valence electrons. The number of nitrogens with zero attached hydrogens (tertiary/aromatic N) is 1. The summed E-state index contributed by atoms with van der Waals surface area (Å²) in [6, 6.07) is 0.401. The van der Waals surface area contributed by atoms with Gasteiger partial charge in [-0.05, 0) is 51.1 Å². The van der Waals surface area contributed by atoms with Crippen molar-refractivity contribution < 1.29 is 0 Å². The SMILES string of the molecule is CCC(CC)CC(N)C1(N2CCCCC2)CCCC1. The number of hydrogen-bond acceptors (Lipinski definition) is 2. The summed E-state index contributed by atoms with van der Waals surface area (Å²) in [5.41, 5.74) is 7.12. The molecule has 1 heterocycles. The fraction of sp³-hybridized carbons (Fsp3) is 1.00. The zero-order valence-electron chi connectivity index (χ0n) is 13.2. The Balaban J connectivity index is 2.04. The highest BCUT2D eigenvalue weighted by Gasteiger charge is 2.44. The van der Waals surface area contributed by atoms with Crippen molar-refractivity contribution in [2.75, 3.05) is 13.1 Å². The van der Waals surface area contributed by atoms with Crippen LogP contribution in [0.3, 0.4) is 0 Å². The second kappa shape index (κ2) is 7.08. The Bertz CT molecular complexity index is 248. The Morgan fingerprint density at radius 1 is 0.947 bits per heavy atom. The minimum Gasteiger partial charge on any atom is -0.326 e. The number of rotatable bonds is 6. The minimum atomic E-state index is 0.364. The molecule has 2 fully saturated rings. The van der Waals surface area contributed by atoms with Crippen LogP contribution in [0.15, 0.2) is 0 Å². The third-order valence-corrected chi connectivity index (χ3v) is 5.89. The number of likely N-dealkylation sites (tertiary alicyclic amines) is 1. The Morgan fingerprint density at radius 3 is 2.05 bits per heavy atom. The average molecular weight is 266 g/mol. The molecule has 2 nitrogen and oxygen atoms in total. The van der Waals surface area contributed by atoms with Crippen LogP contribution in [-0.2, 0) is 0 Å². The molecule has 0 amide bonds. The lowest BCUT2D eigenvalue weighted by Gasteiger charge is -2.48. The molecule has 0 aromatic rings. The summed E-state index contributed by atoms with van der Waals surface area (Å²) in [5, 5.41) is 0. The van der Waals surface area contributed by atoms with Gasteiger partial charge in [0.25, 0.3) is 0 Å². The maximum atomic E-state index is 6.76. The molecule has 0 radical (unpaired) electrons. The number of hydrogen-bond donors (Lipinski definition) is 1. The second-order valence-corrected chi connectivity index (χ2v) is 6.88. The highest BCUT2D eigenvalue weighted by Crippen LogP contribution is 2.41. The van der Waals surface area contributed by atoms with Crippen molar-refractivity contribution in [3.63, 3.8) is 0 Å². The highest BCUT2D eigenvalue weighted by atomic mass is 15.2. The van der Waals surface area contributed by atoms with Gasteiger partial charge in [-0.15, -0.1) is 0 Å². The van der Waals surface area contributed by atoms with Gasteiger partial charge in [0.15, 0.2) is 0 Å². The van der Waals surface area contributed by atoms with Crippen LogP contribution in [0.5, 0.6) is 0 Å². The second-order valence-electron chi connectivity index (χ2n) is 6.88. The molecule has 2 aliphatic rings. The molecule has 2 rings (SSSR count). The van der Waals surface area contributed by atoms with Crippen molar-refractivity contribution in [1.82, 2.24) is 4.90 Å². The highest BCUT2D eigenvalue weighted by molar-refractivity contribution is 5.03. The third kappa shape index (κ3) is 3.33. The smallest absolute Gasteiger partial charge is 0.0360 e. The normalized spacial score (nSPS) is 25.9. The molecule has 0 aromatic carbocycles. The summed E-state index contributed by atoms with van der Waals surface area (Å²) >= 11 is 0. The predicted octanol–water partition coefficient (Wildman–Crippen LogP) is 3.94. The number of piperidine rings is 1. The van der Waals surface area contributed by atoms with E-state index in [0.29, 0.717) is 11.6 Å². The van der Waals surface area contributed by atoms with E-state index in [-0.39, 0.29) is 0 Å². The van der Waals surface area contributed by atoms with E-state index in [9.17, 15) is 0 Å². The maximum Gasteiger partial charge on any atom is 0.0360 e. The molecule has 2 N–H and O–H groups in total. The minimum absolute atomic E-state index is 0.364. The van der Waals surface area contributed by atoms with Crippen LogP contribution in [-0.4, -0.2) is 29.6 Å². The molecule has 0 bridgehead atoms. The van der Waals surface area contributed by atoms with Gasteiger partial charge in [0, 0.05) is 11.6 Å². The zero-order valence-corrected chi connectivity index (χ0v) is 13.2. The van der Waals surface area contributed by atoms with E-state index in [1.807, 2.05) is 0 Å². The average Bonchev–Trinajstić information content (AvgIpc) is 2.96. The maximum absolute atomic E-state index is 6.76. The molecule has 1 saturated heterocycles. The van der Waals surface area contributed by atoms with Crippen molar-refractivity contribution in [2.24, 2.45) is 11.7 Å². The topological polar surface area (TPSA) is 29.3 Å². The third-order valence-electron chi connectivity index (χ3n) is 5.89. The van der Waals surface area contributed by atoms with Crippen LogP contribution in [0.1, 0.15) is 78.1 Å². The largest absolute Gasteiger partial charge is 0.326 e. The standard InChI is InChI=1S/C17H34N2/c1-3-15(4-2)14-16(18)17(10-6-7-11-17)19-12-8-5-9-13-19/h15-16H,3-14,18H2,1-2H3. The van der Waals surface area contributed by atoms with Crippen molar-refractivity contribution in [3.05, 3.63) is 0 Å². The van der Waals surface area contributed by atoms with Gasteiger partial charge < -0.3 is 5.73 Å². The molecule has 1 atom stereocenters. The summed E-state index contributed by atoms with van der Waals surface area (Å²) < 4.78 is 0. The fourth-order valence-electron chi connectivity index (χ4n) is 4.45. The summed E-state index contributed by atoms with van der Waals surface area (Å²) in [5.74, 6) is 0.831. The van der Waals surface area contributed by atoms with E-state index >= 15 is 0 Å². The first-order valence-electron chi connectivity index (χ1n) is 8.73. The van der Waals surface area contributed by atoms with Gasteiger partial charge in [-0.1, -0.05) is 46.0 Å². The van der Waals surface area contributed by atoms with Gasteiger partial charge in [0.1, 0.15) is 0 Å². The summed E-state index contributed by atoms with van der Waals surface area (Å²) in [6.45, 7) is 7.25. The first kappa shape index (κ1) is 15.3. The lowest BCUT2D eigenvalue weighted by Crippen LogP contribution is -2.60. The van der Waals surface area contributed by atoms with Crippen LogP contribution in [0.4, 0.5) is 0 Å². The van der Waals surface area contributed by atoms with Crippen LogP contribution < -0.4 is 5.73 Å². The quantitative estimate of drug-likeness (QED) is 0.789. The van der Waals surface area contributed by atoms with Crippen molar-refractivity contribution in [1.29, 1.82) is 0 Å². The summed E-state index contributed by atoms with van der Waals surface area (Å²) in [4.78, 5) is 2.79. The molecule has 2 heteroatoms. The van der Waals surface area contributed by atoms with Crippen molar-refractivity contribution in [2.45, 2.75) is 89.6 Å². The Kier molecular flexibility index (Phi) is 5.70. The van der Waals surface area contributed by atoms with Crippen molar-refractivity contribution in [3.8, 4) is 0 Å². The van der Waals surface area contributed by atoms with Crippen LogP contribution in [0.25, 0.3) is 0 Å². The first-order valence-corrected chi connectivity index (χ1v) is 8.73. The zero-order chi connectivity index (χ0) is 13.7. The van der Waals surface area contributed by atoms with Gasteiger partial charge in [0.2, 0.25) is 0 Å². The van der Waals surface area contributed by atoms with Gasteiger partial charge >= 0.3 is 0 Å². The Labute approximate surface area is 120 Å². The molecule has 0 aromatic heterocycles. The molecular weight excluding hydrogens is 232 g/mol. The van der Waals surface area contributed by atoms with E-state index in [1.54, 1.807) is 0 Å². The van der Waals surface area contributed by atoms with Crippen molar-refractivity contribution >= 4 is 0 Å². The lowest BCUT2D eigenvalue weighted by atomic mass is 9.79. The molecule has 19 heavy (non-hydrogen) atoms. The van der Waals surface area contributed by atoms with E-state index in [4.69, 9.17) is 5.73 Å². The van der Waals surface area contributed by atoms with Crippen LogP contribution in [0, 0.1) is 5.92 Å². The van der Waals surface area contributed by atoms with E-state index in [2.05, 4.69) is 18.7 Å². The van der Waals surface area contributed by atoms with Crippen LogP contribution in [0.2, 0.25) is 0 Å². The van der Waals surface area contributed by atoms with E-state index in [1.165, 1.54) is 77.3 Å². The monoisotopic (exact) mass is 266 g/mol. The van der Waals surface area contributed by atoms with Gasteiger partial charge in [-0.25, -0.2) is 0 Å². The van der Waals surface area contributed by atoms with Gasteiger partial charge in [0.05, 0.1) is 0 Å². The van der Waals surface area contributed by atoms with E-state index in [0.717, 1.165) is 5.92 Å². The Hall–Kier alpha value is -0.0800. The predicted molar refractivity (Wildman–Crippen MR) is 83.3 cm³/mol. The van der Waals surface area contributed by atoms with Gasteiger partial charge in [-0.3, -0.25) is 4.90 Å². The fourth-order valence-corrected chi connectivity index (χ4v) is 4.45. The summed E-state index contributed by atoms with van der Waals surface area (Å²) in [6.07, 6.45) is 13.5. The van der Waals surface area contributed by atoms with Crippen LogP contribution >= 0.6 is 0 Å². The molecule has 1 unspecified atom stereocenters. The Morgan fingerprint density at radius 2 is 1.53 bits per heavy atom. The molecule has 1 aliphatic heterocycles. The number of nitrogens with two attached hydrogens (primary N) is 1. The molecular formula is C17H34N2. The first-order chi connectivity index (χ1) is 9.23. The van der Waals surface area contributed by atoms with Gasteiger partial charge in [-0.2, -0.15) is 0 Å². The molecule has 1 aliphatic carbocycles.